The number of unbranched alkanes of at least 4 members (excludes halogenated alkanes) is 5. The molecule has 0 aliphatic rings. The Morgan fingerprint density at radius 3 is 2.24 bits per heavy atom. The second kappa shape index (κ2) is 17.0. The zero-order valence-electron chi connectivity index (χ0n) is 28.9. The van der Waals surface area contributed by atoms with E-state index in [1.54, 1.807) is 14.0 Å². The number of aryl methyl sites for hydroxylation is 1. The minimum atomic E-state index is 0.0846. The molecule has 6 heteroatoms. The van der Waals surface area contributed by atoms with E-state index in [1.165, 1.54) is 27.6 Å². The van der Waals surface area contributed by atoms with Crippen molar-refractivity contribution in [3.8, 4) is 17.0 Å². The summed E-state index contributed by atoms with van der Waals surface area (Å²) >= 11 is 0. The van der Waals surface area contributed by atoms with Crippen molar-refractivity contribution < 1.29 is 14.3 Å². The molecule has 4 rings (SSSR count). The lowest BCUT2D eigenvalue weighted by Gasteiger charge is -2.24. The van der Waals surface area contributed by atoms with Gasteiger partial charge >= 0.3 is 0 Å². The highest BCUT2D eigenvalue weighted by Gasteiger charge is 2.25. The van der Waals surface area contributed by atoms with Crippen molar-refractivity contribution in [3.05, 3.63) is 89.5 Å². The van der Waals surface area contributed by atoms with Gasteiger partial charge in [-0.1, -0.05) is 74.6 Å². The topological polar surface area (TPSA) is 54.8 Å². The maximum Gasteiger partial charge on any atom is 0.222 e. The summed E-state index contributed by atoms with van der Waals surface area (Å²) in [5, 5.41) is 1.19. The second-order valence-electron chi connectivity index (χ2n) is 12.7. The van der Waals surface area contributed by atoms with E-state index in [0.29, 0.717) is 19.5 Å². The van der Waals surface area contributed by atoms with Gasteiger partial charge in [0, 0.05) is 56.5 Å². The molecule has 0 bridgehead atoms. The van der Waals surface area contributed by atoms with E-state index in [0.717, 1.165) is 68.5 Å². The van der Waals surface area contributed by atoms with Crippen LogP contribution < -0.4 is 4.74 Å². The highest BCUT2D eigenvalue weighted by atomic mass is 16.5. The Hall–Kier alpha value is -4.06. The van der Waals surface area contributed by atoms with Crippen molar-refractivity contribution in [3.63, 3.8) is 0 Å². The average molecular weight is 624 g/mol. The lowest BCUT2D eigenvalue weighted by atomic mass is 10.0. The molecule has 1 unspecified atom stereocenters. The molecule has 0 saturated carbocycles. The van der Waals surface area contributed by atoms with Crippen LogP contribution in [0.4, 0.5) is 0 Å². The van der Waals surface area contributed by atoms with Crippen LogP contribution in [0.2, 0.25) is 0 Å². The molecule has 0 aliphatic heterocycles. The van der Waals surface area contributed by atoms with Crippen LogP contribution in [-0.2, 0) is 16.1 Å². The van der Waals surface area contributed by atoms with Crippen molar-refractivity contribution in [2.75, 3.05) is 27.2 Å². The number of carbonyl (C=O) groups is 2. The Bertz CT molecular complexity index is 1560. The minimum Gasteiger partial charge on any atom is -0.497 e. The molecule has 0 saturated heterocycles. The van der Waals surface area contributed by atoms with Crippen molar-refractivity contribution >= 4 is 22.7 Å². The van der Waals surface area contributed by atoms with Gasteiger partial charge in [-0.05, 0) is 80.6 Å². The number of methoxy groups -OCH3 is 1. The molecule has 3 aromatic carbocycles. The molecule has 1 heterocycles. The van der Waals surface area contributed by atoms with Gasteiger partial charge in [0.1, 0.15) is 5.75 Å². The maximum atomic E-state index is 13.1. The van der Waals surface area contributed by atoms with Gasteiger partial charge in [0.15, 0.2) is 0 Å². The van der Waals surface area contributed by atoms with Gasteiger partial charge in [-0.15, -0.1) is 0 Å². The summed E-state index contributed by atoms with van der Waals surface area (Å²) in [6, 6.07) is 25.7. The predicted molar refractivity (Wildman–Crippen MR) is 190 cm³/mol. The van der Waals surface area contributed by atoms with Crippen LogP contribution in [0.15, 0.2) is 72.8 Å². The molecular formula is C40H53N3O3. The van der Waals surface area contributed by atoms with Crippen LogP contribution in [0, 0.1) is 6.92 Å². The van der Waals surface area contributed by atoms with E-state index in [-0.39, 0.29) is 17.9 Å². The molecular weight excluding hydrogens is 570 g/mol. The van der Waals surface area contributed by atoms with Crippen LogP contribution in [0.1, 0.15) is 94.9 Å². The lowest BCUT2D eigenvalue weighted by molar-refractivity contribution is -0.130. The molecule has 0 N–H and O–H groups in total. The van der Waals surface area contributed by atoms with Crippen LogP contribution >= 0.6 is 0 Å². The quantitative estimate of drug-likeness (QED) is 0.110. The number of aromatic nitrogens is 1. The molecule has 2 amide bonds. The Labute approximate surface area is 276 Å². The molecule has 46 heavy (non-hydrogen) atoms. The molecule has 0 aliphatic carbocycles. The van der Waals surface area contributed by atoms with E-state index in [9.17, 15) is 9.59 Å². The Morgan fingerprint density at radius 2 is 1.57 bits per heavy atom. The Kier molecular flexibility index (Phi) is 12.9. The van der Waals surface area contributed by atoms with E-state index in [1.807, 2.05) is 29.0 Å². The smallest absolute Gasteiger partial charge is 0.222 e. The third-order valence-electron chi connectivity index (χ3n) is 9.18. The van der Waals surface area contributed by atoms with Crippen molar-refractivity contribution in [1.82, 2.24) is 14.4 Å². The third-order valence-corrected chi connectivity index (χ3v) is 9.18. The maximum absolute atomic E-state index is 13.1. The monoisotopic (exact) mass is 623 g/mol. The molecule has 0 fully saturated rings. The molecule has 0 radical (unpaired) electrons. The van der Waals surface area contributed by atoms with Gasteiger partial charge in [-0.2, -0.15) is 0 Å². The van der Waals surface area contributed by atoms with E-state index in [4.69, 9.17) is 4.74 Å². The summed E-state index contributed by atoms with van der Waals surface area (Å²) in [4.78, 5) is 29.3. The number of nitrogens with zero attached hydrogens (tertiary/aromatic N) is 3. The fourth-order valence-corrected chi connectivity index (χ4v) is 6.36. The van der Waals surface area contributed by atoms with E-state index >= 15 is 0 Å². The first-order valence-electron chi connectivity index (χ1n) is 17.1. The number of hydrogen-bond acceptors (Lipinski definition) is 3. The van der Waals surface area contributed by atoms with Crippen LogP contribution in [0.25, 0.3) is 22.2 Å². The Morgan fingerprint density at radius 1 is 0.870 bits per heavy atom. The van der Waals surface area contributed by atoms with Crippen molar-refractivity contribution in [2.45, 2.75) is 91.6 Å². The number of ether oxygens (including phenoxy) is 1. The number of hydrogen-bond donors (Lipinski definition) is 0. The number of carbonyl (C=O) groups excluding carboxylic acids is 2. The molecule has 1 atom stereocenters. The summed E-state index contributed by atoms with van der Waals surface area (Å²) in [6.07, 6.45) is 7.81. The molecule has 6 nitrogen and oxygen atoms in total. The average Bonchev–Trinajstić information content (AvgIpc) is 3.38. The van der Waals surface area contributed by atoms with Gasteiger partial charge in [-0.3, -0.25) is 9.59 Å². The van der Waals surface area contributed by atoms with Crippen LogP contribution in [-0.4, -0.2) is 53.4 Å². The second-order valence-corrected chi connectivity index (χ2v) is 12.7. The molecule has 4 aromatic rings. The number of rotatable bonds is 17. The minimum absolute atomic E-state index is 0.0846. The Balaban J connectivity index is 1.56. The first-order chi connectivity index (χ1) is 22.2. The summed E-state index contributed by atoms with van der Waals surface area (Å²) < 4.78 is 7.93. The number of amides is 2. The fraction of sp³-hybridized carbons (Fsp3) is 0.450. The molecule has 0 spiro atoms. The van der Waals surface area contributed by atoms with Crippen LogP contribution in [0.5, 0.6) is 5.75 Å². The molecule has 1 aromatic heterocycles. The highest BCUT2D eigenvalue weighted by molar-refractivity contribution is 5.93. The van der Waals surface area contributed by atoms with Gasteiger partial charge in [0.25, 0.3) is 0 Å². The van der Waals surface area contributed by atoms with Gasteiger partial charge < -0.3 is 19.1 Å². The normalized spacial score (nSPS) is 11.9. The summed E-state index contributed by atoms with van der Waals surface area (Å²) in [5.41, 5.74) is 7.02. The zero-order chi connectivity index (χ0) is 33.1. The number of fused-ring (bicyclic) bond motifs is 1. The third kappa shape index (κ3) is 8.80. The zero-order valence-corrected chi connectivity index (χ0v) is 28.9. The number of benzene rings is 3. The first-order valence-corrected chi connectivity index (χ1v) is 17.1. The van der Waals surface area contributed by atoms with Gasteiger partial charge in [0.05, 0.1) is 18.8 Å². The standard InChI is InChI=1S/C40H53N3O3/c1-7-8-26-41(5)39(45)19-15-10-9-11-16-27-42(32(4)44)29-37-36-28-30(2)20-25-38(36)43(31(3)33-17-13-12-14-18-33)40(37)34-21-23-35(46-6)24-22-34/h12-14,17-18,20-25,28,31H,7-11,15-16,19,26-27,29H2,1-6H3. The van der Waals surface area contributed by atoms with Crippen LogP contribution in [0.3, 0.4) is 0 Å². The first kappa shape index (κ1) is 34.8. The van der Waals surface area contributed by atoms with Crippen molar-refractivity contribution in [1.29, 1.82) is 0 Å². The van der Waals surface area contributed by atoms with Gasteiger partial charge in [-0.25, -0.2) is 0 Å². The van der Waals surface area contributed by atoms with Crippen molar-refractivity contribution in [2.24, 2.45) is 0 Å². The fourth-order valence-electron chi connectivity index (χ4n) is 6.36. The van der Waals surface area contributed by atoms with E-state index in [2.05, 4.69) is 86.0 Å². The highest BCUT2D eigenvalue weighted by Crippen LogP contribution is 2.40. The van der Waals surface area contributed by atoms with E-state index < -0.39 is 0 Å². The predicted octanol–water partition coefficient (Wildman–Crippen LogP) is 9.18. The summed E-state index contributed by atoms with van der Waals surface area (Å²) in [6.45, 7) is 10.3. The largest absolute Gasteiger partial charge is 0.497 e. The molecule has 246 valence electrons. The SMILES string of the molecule is CCCCN(C)C(=O)CCCCCCCN(Cc1c(-c2ccc(OC)cc2)n(C(C)c2ccccc2)c2ccc(C)cc12)C(C)=O. The summed E-state index contributed by atoms with van der Waals surface area (Å²) in [7, 11) is 3.60. The van der Waals surface area contributed by atoms with Gasteiger partial charge in [0.2, 0.25) is 11.8 Å². The lowest BCUT2D eigenvalue weighted by Crippen LogP contribution is -2.29. The summed E-state index contributed by atoms with van der Waals surface area (Å²) in [5.74, 6) is 1.16.